The predicted molar refractivity (Wildman–Crippen MR) is 61.2 cm³/mol. The van der Waals surface area contributed by atoms with Gasteiger partial charge in [0, 0.05) is 12.4 Å². The molecule has 2 rings (SSSR count). The van der Waals surface area contributed by atoms with E-state index in [1.807, 2.05) is 12.1 Å². The van der Waals surface area contributed by atoms with Gasteiger partial charge >= 0.3 is 0 Å². The average molecular weight is 237 g/mol. The maximum atomic E-state index is 12.4. The second-order valence-electron chi connectivity index (χ2n) is 3.78. The van der Waals surface area contributed by atoms with Gasteiger partial charge in [-0.05, 0) is 24.1 Å². The van der Waals surface area contributed by atoms with Gasteiger partial charge in [-0.1, -0.05) is 18.2 Å². The molecule has 0 spiro atoms. The molecule has 0 saturated carbocycles. The molecule has 2 aromatic rings. The Morgan fingerprint density at radius 1 is 1.24 bits per heavy atom. The molecule has 17 heavy (non-hydrogen) atoms. The number of hydrogen-bond donors (Lipinski definition) is 1. The zero-order valence-corrected chi connectivity index (χ0v) is 9.13. The van der Waals surface area contributed by atoms with Crippen LogP contribution >= 0.6 is 0 Å². The molecule has 1 aromatic carbocycles. The summed E-state index contributed by atoms with van der Waals surface area (Å²) in [6, 6.07) is 7.91. The summed E-state index contributed by atoms with van der Waals surface area (Å²) in [5.41, 5.74) is 6.94. The Balaban J connectivity index is 2.29. The minimum atomic E-state index is -2.51. The molecule has 0 radical (unpaired) electrons. The number of halogens is 2. The molecule has 0 aliphatic carbocycles. The van der Waals surface area contributed by atoms with Crippen LogP contribution in [0.1, 0.15) is 5.56 Å². The Morgan fingerprint density at radius 3 is 2.65 bits per heavy atom. The molecule has 2 N–H and O–H groups in total. The highest BCUT2D eigenvalue weighted by atomic mass is 19.3. The highest BCUT2D eigenvalue weighted by molar-refractivity contribution is 5.40. The van der Waals surface area contributed by atoms with Gasteiger partial charge in [-0.3, -0.25) is 0 Å². The standard InChI is InChI=1S/C12H13F2N3/c13-12(14)10(15)8-9-4-1-2-5-11(9)17-7-3-6-16-17/h1-7,10,12H,8,15H2. The molecule has 1 aromatic heterocycles. The van der Waals surface area contributed by atoms with E-state index in [0.717, 1.165) is 11.3 Å². The van der Waals surface area contributed by atoms with E-state index < -0.39 is 12.5 Å². The fourth-order valence-corrected chi connectivity index (χ4v) is 1.66. The molecular formula is C12H13F2N3. The summed E-state index contributed by atoms with van der Waals surface area (Å²) in [6.07, 6.45) is 1.03. The maximum absolute atomic E-state index is 12.4. The van der Waals surface area contributed by atoms with Gasteiger partial charge < -0.3 is 5.73 Å². The van der Waals surface area contributed by atoms with E-state index in [4.69, 9.17) is 5.73 Å². The van der Waals surface area contributed by atoms with Crippen LogP contribution in [0.3, 0.4) is 0 Å². The van der Waals surface area contributed by atoms with Crippen LogP contribution in [0.2, 0.25) is 0 Å². The lowest BCUT2D eigenvalue weighted by molar-refractivity contribution is 0.116. The van der Waals surface area contributed by atoms with Crippen LogP contribution in [0.4, 0.5) is 8.78 Å². The van der Waals surface area contributed by atoms with Crippen LogP contribution in [0, 0.1) is 0 Å². The number of aromatic nitrogens is 2. The van der Waals surface area contributed by atoms with Crippen LogP contribution in [-0.4, -0.2) is 22.2 Å². The van der Waals surface area contributed by atoms with Crippen molar-refractivity contribution < 1.29 is 8.78 Å². The zero-order chi connectivity index (χ0) is 12.3. The van der Waals surface area contributed by atoms with Crippen molar-refractivity contribution in [1.82, 2.24) is 9.78 Å². The maximum Gasteiger partial charge on any atom is 0.253 e. The molecule has 1 unspecified atom stereocenters. The molecule has 1 atom stereocenters. The van der Waals surface area contributed by atoms with E-state index in [-0.39, 0.29) is 6.42 Å². The number of nitrogens with two attached hydrogens (primary N) is 1. The topological polar surface area (TPSA) is 43.8 Å². The molecule has 3 nitrogen and oxygen atoms in total. The quantitative estimate of drug-likeness (QED) is 0.884. The van der Waals surface area contributed by atoms with E-state index in [1.54, 1.807) is 35.3 Å². The lowest BCUT2D eigenvalue weighted by Crippen LogP contribution is -2.31. The number of benzene rings is 1. The third-order valence-corrected chi connectivity index (χ3v) is 2.52. The number of para-hydroxylation sites is 1. The first-order chi connectivity index (χ1) is 8.18. The molecule has 0 aliphatic rings. The minimum absolute atomic E-state index is 0.133. The van der Waals surface area contributed by atoms with Crippen LogP contribution in [-0.2, 0) is 6.42 Å². The first kappa shape index (κ1) is 11.7. The summed E-state index contributed by atoms with van der Waals surface area (Å²) < 4.78 is 26.5. The van der Waals surface area contributed by atoms with Gasteiger partial charge in [-0.15, -0.1) is 0 Å². The van der Waals surface area contributed by atoms with Gasteiger partial charge in [-0.2, -0.15) is 5.10 Å². The van der Waals surface area contributed by atoms with Crippen molar-refractivity contribution >= 4 is 0 Å². The molecule has 5 heteroatoms. The Kier molecular flexibility index (Phi) is 3.49. The van der Waals surface area contributed by atoms with Crippen molar-refractivity contribution in [2.24, 2.45) is 5.73 Å². The van der Waals surface area contributed by atoms with Crippen molar-refractivity contribution in [3.8, 4) is 5.69 Å². The SMILES string of the molecule is NC(Cc1ccccc1-n1cccn1)C(F)F. The fourth-order valence-electron chi connectivity index (χ4n) is 1.66. The molecular weight excluding hydrogens is 224 g/mol. The van der Waals surface area contributed by atoms with Crippen LogP contribution in [0.25, 0.3) is 5.69 Å². The predicted octanol–water partition coefficient (Wildman–Crippen LogP) is 2.01. The Hall–Kier alpha value is -1.75. The Morgan fingerprint density at radius 2 is 2.00 bits per heavy atom. The number of rotatable bonds is 4. The number of alkyl halides is 2. The second-order valence-corrected chi connectivity index (χ2v) is 3.78. The minimum Gasteiger partial charge on any atom is -0.323 e. The highest BCUT2D eigenvalue weighted by Crippen LogP contribution is 2.16. The largest absolute Gasteiger partial charge is 0.323 e. The zero-order valence-electron chi connectivity index (χ0n) is 9.13. The second kappa shape index (κ2) is 5.05. The van der Waals surface area contributed by atoms with Gasteiger partial charge in [0.2, 0.25) is 0 Å². The smallest absolute Gasteiger partial charge is 0.253 e. The third kappa shape index (κ3) is 2.68. The Bertz CT molecular complexity index is 468. The molecule has 0 aliphatic heterocycles. The highest BCUT2D eigenvalue weighted by Gasteiger charge is 2.17. The number of nitrogens with zero attached hydrogens (tertiary/aromatic N) is 2. The lowest BCUT2D eigenvalue weighted by atomic mass is 10.0. The molecule has 0 bridgehead atoms. The van der Waals surface area contributed by atoms with E-state index in [9.17, 15) is 8.78 Å². The summed E-state index contributed by atoms with van der Waals surface area (Å²) in [4.78, 5) is 0. The average Bonchev–Trinajstić information content (AvgIpc) is 2.83. The Labute approximate surface area is 97.9 Å². The van der Waals surface area contributed by atoms with Crippen molar-refractivity contribution in [2.45, 2.75) is 18.9 Å². The summed E-state index contributed by atoms with van der Waals surface area (Å²) in [5.74, 6) is 0. The molecule has 0 saturated heterocycles. The summed E-state index contributed by atoms with van der Waals surface area (Å²) in [5, 5.41) is 4.09. The summed E-state index contributed by atoms with van der Waals surface area (Å²) in [7, 11) is 0. The molecule has 90 valence electrons. The van der Waals surface area contributed by atoms with Crippen LogP contribution in [0.5, 0.6) is 0 Å². The molecule has 1 heterocycles. The molecule has 0 fully saturated rings. The van der Waals surface area contributed by atoms with Gasteiger partial charge in [0.1, 0.15) is 0 Å². The summed E-state index contributed by atoms with van der Waals surface area (Å²) in [6.45, 7) is 0. The van der Waals surface area contributed by atoms with Crippen molar-refractivity contribution in [2.75, 3.05) is 0 Å². The normalized spacial score (nSPS) is 12.9. The molecule has 0 amide bonds. The van der Waals surface area contributed by atoms with Crippen molar-refractivity contribution in [3.05, 3.63) is 48.3 Å². The first-order valence-corrected chi connectivity index (χ1v) is 5.30. The number of hydrogen-bond acceptors (Lipinski definition) is 2. The van der Waals surface area contributed by atoms with Gasteiger partial charge in [0.15, 0.2) is 0 Å². The lowest BCUT2D eigenvalue weighted by Gasteiger charge is -2.13. The van der Waals surface area contributed by atoms with Gasteiger partial charge in [-0.25, -0.2) is 13.5 Å². The summed E-state index contributed by atoms with van der Waals surface area (Å²) >= 11 is 0. The van der Waals surface area contributed by atoms with E-state index in [2.05, 4.69) is 5.10 Å². The van der Waals surface area contributed by atoms with Gasteiger partial charge in [0.25, 0.3) is 6.43 Å². The van der Waals surface area contributed by atoms with Gasteiger partial charge in [0.05, 0.1) is 11.7 Å². The van der Waals surface area contributed by atoms with Crippen molar-refractivity contribution in [3.63, 3.8) is 0 Å². The monoisotopic (exact) mass is 237 g/mol. The van der Waals surface area contributed by atoms with Crippen LogP contribution < -0.4 is 5.73 Å². The fraction of sp³-hybridized carbons (Fsp3) is 0.250. The van der Waals surface area contributed by atoms with Crippen molar-refractivity contribution in [1.29, 1.82) is 0 Å². The van der Waals surface area contributed by atoms with Crippen LogP contribution in [0.15, 0.2) is 42.7 Å². The van der Waals surface area contributed by atoms with E-state index in [1.165, 1.54) is 0 Å². The first-order valence-electron chi connectivity index (χ1n) is 5.30. The third-order valence-electron chi connectivity index (χ3n) is 2.52. The van der Waals surface area contributed by atoms with E-state index >= 15 is 0 Å². The van der Waals surface area contributed by atoms with E-state index in [0.29, 0.717) is 0 Å².